The fourth-order valence-electron chi connectivity index (χ4n) is 5.59. The predicted octanol–water partition coefficient (Wildman–Crippen LogP) is 4.46. The number of carbonyl (C=O) groups is 3. The van der Waals surface area contributed by atoms with Crippen LogP contribution in [0.4, 0.5) is 0 Å². The summed E-state index contributed by atoms with van der Waals surface area (Å²) in [7, 11) is 1.24. The molecule has 0 unspecified atom stereocenters. The van der Waals surface area contributed by atoms with Crippen molar-refractivity contribution >= 4 is 17.9 Å². The van der Waals surface area contributed by atoms with Crippen molar-refractivity contribution in [2.24, 2.45) is 23.7 Å². The summed E-state index contributed by atoms with van der Waals surface area (Å²) in [4.78, 5) is 32.6. The highest BCUT2D eigenvalue weighted by molar-refractivity contribution is 5.88. The molecule has 1 N–H and O–H groups in total. The molecule has 4 aliphatic rings. The van der Waals surface area contributed by atoms with E-state index in [1.807, 2.05) is 0 Å². The number of ether oxygens (including phenoxy) is 2. The Morgan fingerprint density at radius 2 is 1.57 bits per heavy atom. The first-order valence-corrected chi connectivity index (χ1v) is 10.7. The van der Waals surface area contributed by atoms with Crippen LogP contribution in [0.15, 0.2) is 36.5 Å². The van der Waals surface area contributed by atoms with Crippen molar-refractivity contribution < 1.29 is 29.0 Å². The molecule has 4 fully saturated rings. The number of esters is 2. The molecular weight excluding hydrogens is 384 g/mol. The van der Waals surface area contributed by atoms with Gasteiger partial charge in [-0.15, -0.1) is 0 Å². The molecular formula is C24H34O6. The van der Waals surface area contributed by atoms with E-state index in [2.05, 4.69) is 24.8 Å². The summed E-state index contributed by atoms with van der Waals surface area (Å²) in [6.45, 7) is 11.1. The zero-order valence-corrected chi connectivity index (χ0v) is 18.3. The summed E-state index contributed by atoms with van der Waals surface area (Å²) >= 11 is 0. The van der Waals surface area contributed by atoms with E-state index in [1.165, 1.54) is 45.3 Å². The van der Waals surface area contributed by atoms with Crippen LogP contribution in [-0.4, -0.2) is 35.7 Å². The summed E-state index contributed by atoms with van der Waals surface area (Å²) in [6, 6.07) is 0. The second-order valence-corrected chi connectivity index (χ2v) is 8.82. The van der Waals surface area contributed by atoms with Crippen molar-refractivity contribution in [1.82, 2.24) is 0 Å². The number of hydrogen-bond acceptors (Lipinski definition) is 5. The maximum atomic E-state index is 12.0. The lowest BCUT2D eigenvalue weighted by Crippen LogP contribution is -2.59. The smallest absolute Gasteiger partial charge is 0.333 e. The van der Waals surface area contributed by atoms with E-state index >= 15 is 0 Å². The van der Waals surface area contributed by atoms with Gasteiger partial charge in [-0.3, -0.25) is 0 Å². The molecule has 0 heterocycles. The first kappa shape index (κ1) is 23.9. The van der Waals surface area contributed by atoms with Gasteiger partial charge in [0.1, 0.15) is 5.60 Å². The monoisotopic (exact) mass is 418 g/mol. The highest BCUT2D eigenvalue weighted by Gasteiger charge is 2.58. The number of carbonyl (C=O) groups excluding carboxylic acids is 2. The van der Waals surface area contributed by atoms with Crippen LogP contribution in [0.3, 0.4) is 0 Å². The normalized spacial score (nSPS) is 30.9. The van der Waals surface area contributed by atoms with Crippen LogP contribution in [0, 0.1) is 23.7 Å². The van der Waals surface area contributed by atoms with Crippen molar-refractivity contribution in [2.45, 2.75) is 64.4 Å². The van der Waals surface area contributed by atoms with Crippen LogP contribution >= 0.6 is 0 Å². The van der Waals surface area contributed by atoms with Crippen LogP contribution in [0.1, 0.15) is 58.8 Å². The zero-order chi connectivity index (χ0) is 22.5. The van der Waals surface area contributed by atoms with Crippen LogP contribution in [0.5, 0.6) is 0 Å². The standard InChI is InChI=1S/C16H24O2.C8H10O4/c1-4-16(18-15(17)10(2)3)13-6-11-5-12(8-13)9-14(16)7-11;1-6(8(11)12-2)4-3-5-7(9)10/h11-14H,2,4-9H2,1,3H3;3,5H,1,4H2,2H3,(H,9,10). The predicted molar refractivity (Wildman–Crippen MR) is 114 cm³/mol. The highest BCUT2D eigenvalue weighted by atomic mass is 16.6. The molecule has 6 heteroatoms. The fraction of sp³-hybridized carbons (Fsp3) is 0.625. The lowest BCUT2D eigenvalue weighted by molar-refractivity contribution is -0.207. The van der Waals surface area contributed by atoms with Gasteiger partial charge in [-0.05, 0) is 75.5 Å². The van der Waals surface area contributed by atoms with Gasteiger partial charge in [0, 0.05) is 17.2 Å². The Kier molecular flexibility index (Phi) is 8.04. The molecule has 0 saturated heterocycles. The highest BCUT2D eigenvalue weighted by Crippen LogP contribution is 2.60. The quantitative estimate of drug-likeness (QED) is 0.485. The first-order valence-electron chi connectivity index (χ1n) is 10.7. The third kappa shape index (κ3) is 5.41. The largest absolute Gasteiger partial charge is 0.478 e. The summed E-state index contributed by atoms with van der Waals surface area (Å²) in [5.74, 6) is 1.30. The first-order chi connectivity index (χ1) is 14.1. The van der Waals surface area contributed by atoms with Gasteiger partial charge < -0.3 is 14.6 Å². The van der Waals surface area contributed by atoms with Crippen LogP contribution in [0.2, 0.25) is 0 Å². The second kappa shape index (κ2) is 10.1. The third-order valence-electron chi connectivity index (χ3n) is 6.80. The third-order valence-corrected chi connectivity index (χ3v) is 6.80. The van der Waals surface area contributed by atoms with Gasteiger partial charge in [0.25, 0.3) is 0 Å². The molecule has 0 radical (unpaired) electrons. The van der Waals surface area contributed by atoms with E-state index in [4.69, 9.17) is 9.84 Å². The maximum absolute atomic E-state index is 12.0. The lowest BCUT2D eigenvalue weighted by Gasteiger charge is -2.60. The number of methoxy groups -OCH3 is 1. The minimum Gasteiger partial charge on any atom is -0.478 e. The van der Waals surface area contributed by atoms with Crippen LogP contribution < -0.4 is 0 Å². The number of rotatable bonds is 7. The van der Waals surface area contributed by atoms with Gasteiger partial charge in [0.2, 0.25) is 0 Å². The molecule has 4 bridgehead atoms. The van der Waals surface area contributed by atoms with Gasteiger partial charge in [-0.1, -0.05) is 26.2 Å². The average molecular weight is 419 g/mol. The van der Waals surface area contributed by atoms with Crippen molar-refractivity contribution in [3.63, 3.8) is 0 Å². The number of carboxylic acid groups (broad SMARTS) is 1. The molecule has 4 aliphatic carbocycles. The van der Waals surface area contributed by atoms with Crippen molar-refractivity contribution in [1.29, 1.82) is 0 Å². The summed E-state index contributed by atoms with van der Waals surface area (Å²) in [5.41, 5.74) is 0.607. The van der Waals surface area contributed by atoms with Crippen molar-refractivity contribution in [3.8, 4) is 0 Å². The van der Waals surface area contributed by atoms with E-state index in [1.54, 1.807) is 6.92 Å². The summed E-state index contributed by atoms with van der Waals surface area (Å²) in [6.07, 6.45) is 10.0. The lowest BCUT2D eigenvalue weighted by atomic mass is 9.49. The number of hydrogen-bond donors (Lipinski definition) is 1. The average Bonchev–Trinajstić information content (AvgIpc) is 2.69. The summed E-state index contributed by atoms with van der Waals surface area (Å²) < 4.78 is 10.3. The van der Waals surface area contributed by atoms with Gasteiger partial charge in [-0.25, -0.2) is 14.4 Å². The number of aliphatic carboxylic acids is 1. The Morgan fingerprint density at radius 3 is 1.97 bits per heavy atom. The van der Waals surface area contributed by atoms with Gasteiger partial charge in [-0.2, -0.15) is 0 Å². The topological polar surface area (TPSA) is 89.9 Å². The van der Waals surface area contributed by atoms with Gasteiger partial charge >= 0.3 is 17.9 Å². The molecule has 0 spiro atoms. The van der Waals surface area contributed by atoms with E-state index in [0.717, 1.165) is 24.3 Å². The number of allylic oxidation sites excluding steroid dienone is 1. The molecule has 0 aromatic rings. The Morgan fingerprint density at radius 1 is 1.03 bits per heavy atom. The van der Waals surface area contributed by atoms with Gasteiger partial charge in [0.05, 0.1) is 7.11 Å². The Balaban J connectivity index is 0.000000235. The molecule has 166 valence electrons. The molecule has 4 saturated carbocycles. The molecule has 0 atom stereocenters. The minimum absolute atomic E-state index is 0.163. The SMILES string of the molecule is C=C(C)C(=O)OC1(CC)C2CC3CC(C2)CC1C3.C=C(CC=CC(=O)O)C(=O)OC. The van der Waals surface area contributed by atoms with E-state index < -0.39 is 11.9 Å². The van der Waals surface area contributed by atoms with Crippen molar-refractivity contribution in [2.75, 3.05) is 7.11 Å². The van der Waals surface area contributed by atoms with Gasteiger partial charge in [0.15, 0.2) is 0 Å². The molecule has 0 aromatic heterocycles. The van der Waals surface area contributed by atoms with E-state index in [0.29, 0.717) is 17.4 Å². The fourth-order valence-corrected chi connectivity index (χ4v) is 5.59. The Labute approximate surface area is 179 Å². The molecule has 0 amide bonds. The van der Waals surface area contributed by atoms with Crippen molar-refractivity contribution in [3.05, 3.63) is 36.5 Å². The molecule has 0 aromatic carbocycles. The Bertz CT molecular complexity index is 704. The Hall–Kier alpha value is -2.37. The minimum atomic E-state index is -1.05. The molecule has 6 nitrogen and oxygen atoms in total. The second-order valence-electron chi connectivity index (χ2n) is 8.82. The number of carboxylic acids is 1. The maximum Gasteiger partial charge on any atom is 0.333 e. The zero-order valence-electron chi connectivity index (χ0n) is 18.3. The van der Waals surface area contributed by atoms with E-state index in [9.17, 15) is 14.4 Å². The molecule has 30 heavy (non-hydrogen) atoms. The van der Waals surface area contributed by atoms with E-state index in [-0.39, 0.29) is 23.6 Å². The van der Waals surface area contributed by atoms with Crippen LogP contribution in [0.25, 0.3) is 0 Å². The molecule has 0 aliphatic heterocycles. The summed E-state index contributed by atoms with van der Waals surface area (Å²) in [5, 5.41) is 8.19. The van der Waals surface area contributed by atoms with Crippen LogP contribution in [-0.2, 0) is 23.9 Å². The molecule has 4 rings (SSSR count).